The Bertz CT molecular complexity index is 3440. The number of benzene rings is 8. The van der Waals surface area contributed by atoms with Crippen LogP contribution in [-0.4, -0.2) is 24.5 Å². The maximum Gasteiger partial charge on any atom is 0.238 e. The number of para-hydroxylation sites is 2. The van der Waals surface area contributed by atoms with Crippen LogP contribution in [0.5, 0.6) is 0 Å². The number of fused-ring (bicyclic) bond motifs is 7. The van der Waals surface area contributed by atoms with Gasteiger partial charge in [-0.3, -0.25) is 4.57 Å². The van der Waals surface area contributed by atoms with E-state index in [2.05, 4.69) is 170 Å². The molecule has 6 nitrogen and oxygen atoms in total. The van der Waals surface area contributed by atoms with Gasteiger partial charge in [-0.25, -0.2) is 9.97 Å². The third-order valence-corrected chi connectivity index (χ3v) is 12.3. The average molecular weight is 784 g/mol. The lowest BCUT2D eigenvalue weighted by Crippen LogP contribution is -2.15. The fraction of sp³-hybridized carbons (Fsp3) is 0.0545. The second kappa shape index (κ2) is 13.5. The van der Waals surface area contributed by atoms with Crippen LogP contribution in [0.4, 0.5) is 0 Å². The smallest absolute Gasteiger partial charge is 0.238 e. The Morgan fingerprint density at radius 2 is 0.951 bits per heavy atom. The van der Waals surface area contributed by atoms with Gasteiger partial charge < -0.3 is 4.42 Å². The summed E-state index contributed by atoms with van der Waals surface area (Å²) in [7, 11) is 0. The van der Waals surface area contributed by atoms with Gasteiger partial charge in [0.1, 0.15) is 5.52 Å². The SMILES string of the molecule is CC1(C)c2cc(-c3ccc(-c4nc(-c5cccc(-c6ccccc6)c5)nc(-n5c6ccccc6c6ccccc65)n4)cc3)ccc2-c2cc3nc(-c4ccccc4)oc3cc21. The molecule has 0 bridgehead atoms. The van der Waals surface area contributed by atoms with Gasteiger partial charge in [0.05, 0.1) is 11.0 Å². The fourth-order valence-corrected chi connectivity index (χ4v) is 9.18. The van der Waals surface area contributed by atoms with Gasteiger partial charge in [-0.1, -0.05) is 153 Å². The zero-order chi connectivity index (χ0) is 40.7. The summed E-state index contributed by atoms with van der Waals surface area (Å²) in [5, 5.41) is 2.31. The van der Waals surface area contributed by atoms with Gasteiger partial charge in [0.15, 0.2) is 17.2 Å². The molecule has 0 saturated carbocycles. The van der Waals surface area contributed by atoms with Crippen molar-refractivity contribution in [1.29, 1.82) is 0 Å². The first-order chi connectivity index (χ1) is 30.0. The van der Waals surface area contributed by atoms with Crippen molar-refractivity contribution in [3.8, 4) is 73.6 Å². The first kappa shape index (κ1) is 35.0. The van der Waals surface area contributed by atoms with Crippen molar-refractivity contribution in [3.05, 3.63) is 199 Å². The molecule has 3 heterocycles. The highest BCUT2D eigenvalue weighted by molar-refractivity contribution is 6.09. The number of rotatable bonds is 6. The van der Waals surface area contributed by atoms with Crippen molar-refractivity contribution in [2.24, 2.45) is 0 Å². The third-order valence-electron chi connectivity index (χ3n) is 12.3. The summed E-state index contributed by atoms with van der Waals surface area (Å²) in [4.78, 5) is 20.5. The van der Waals surface area contributed by atoms with Crippen LogP contribution in [0.1, 0.15) is 25.0 Å². The molecule has 6 heteroatoms. The molecule has 12 rings (SSSR count). The zero-order valence-electron chi connectivity index (χ0n) is 33.5. The van der Waals surface area contributed by atoms with E-state index in [0.29, 0.717) is 23.5 Å². The van der Waals surface area contributed by atoms with Gasteiger partial charge in [0.2, 0.25) is 11.8 Å². The predicted molar refractivity (Wildman–Crippen MR) is 246 cm³/mol. The molecule has 0 aliphatic heterocycles. The van der Waals surface area contributed by atoms with Crippen LogP contribution in [0.25, 0.3) is 106 Å². The monoisotopic (exact) mass is 783 g/mol. The Balaban J connectivity index is 0.942. The van der Waals surface area contributed by atoms with Crippen LogP contribution in [0.2, 0.25) is 0 Å². The minimum Gasteiger partial charge on any atom is -0.436 e. The molecular weight excluding hydrogens is 747 g/mol. The molecule has 288 valence electrons. The van der Waals surface area contributed by atoms with Gasteiger partial charge in [-0.05, 0) is 93.0 Å². The van der Waals surface area contributed by atoms with Crippen molar-refractivity contribution < 1.29 is 4.42 Å². The van der Waals surface area contributed by atoms with Crippen LogP contribution in [0.3, 0.4) is 0 Å². The molecule has 3 aromatic heterocycles. The van der Waals surface area contributed by atoms with E-state index in [0.717, 1.165) is 71.8 Å². The van der Waals surface area contributed by atoms with Crippen molar-refractivity contribution >= 4 is 32.9 Å². The minimum atomic E-state index is -0.225. The average Bonchev–Trinajstić information content (AvgIpc) is 3.97. The molecule has 0 radical (unpaired) electrons. The zero-order valence-corrected chi connectivity index (χ0v) is 33.5. The molecule has 0 spiro atoms. The summed E-state index contributed by atoms with van der Waals surface area (Å²) >= 11 is 0. The van der Waals surface area contributed by atoms with Crippen LogP contribution in [-0.2, 0) is 5.41 Å². The van der Waals surface area contributed by atoms with E-state index in [1.807, 2.05) is 36.4 Å². The Hall–Kier alpha value is -7.96. The molecule has 0 amide bonds. The molecule has 61 heavy (non-hydrogen) atoms. The van der Waals surface area contributed by atoms with Gasteiger partial charge in [0, 0.05) is 32.9 Å². The van der Waals surface area contributed by atoms with Gasteiger partial charge in [-0.2, -0.15) is 9.97 Å². The molecule has 11 aromatic rings. The normalized spacial score (nSPS) is 12.9. The summed E-state index contributed by atoms with van der Waals surface area (Å²) < 4.78 is 8.47. The molecule has 0 N–H and O–H groups in total. The van der Waals surface area contributed by atoms with Gasteiger partial charge in [-0.15, -0.1) is 0 Å². The topological polar surface area (TPSA) is 69.6 Å². The Labute approximate surface area is 352 Å². The Morgan fingerprint density at radius 3 is 1.67 bits per heavy atom. The van der Waals surface area contributed by atoms with E-state index in [4.69, 9.17) is 24.4 Å². The molecule has 0 saturated heterocycles. The van der Waals surface area contributed by atoms with E-state index in [9.17, 15) is 0 Å². The van der Waals surface area contributed by atoms with Crippen LogP contribution in [0, 0.1) is 0 Å². The lowest BCUT2D eigenvalue weighted by molar-refractivity contribution is 0.614. The highest BCUT2D eigenvalue weighted by Crippen LogP contribution is 2.51. The van der Waals surface area contributed by atoms with Gasteiger partial charge in [0.25, 0.3) is 0 Å². The summed E-state index contributed by atoms with van der Waals surface area (Å²) in [5.41, 5.74) is 15.8. The maximum absolute atomic E-state index is 6.31. The number of nitrogens with zero attached hydrogens (tertiary/aromatic N) is 5. The number of aromatic nitrogens is 5. The standard InChI is InChI=1S/C55H37N5O/c1-55(2)45-31-39(28-29-41(45)44-32-47-50(33-46(44)55)61-53(56-47)37-16-7-4-8-17-37)35-24-26-36(27-25-35)51-57-52(40-19-13-18-38(30-40)34-14-5-3-6-15-34)59-54(58-51)60-48-22-11-9-20-42(48)43-21-10-12-23-49(43)60/h3-33H,1-2H3. The number of oxazole rings is 1. The molecule has 0 unspecified atom stereocenters. The first-order valence-corrected chi connectivity index (χ1v) is 20.6. The molecule has 1 aliphatic rings. The lowest BCUT2D eigenvalue weighted by atomic mass is 9.81. The van der Waals surface area contributed by atoms with E-state index in [-0.39, 0.29) is 5.41 Å². The van der Waals surface area contributed by atoms with Gasteiger partial charge >= 0.3 is 0 Å². The Morgan fingerprint density at radius 1 is 0.410 bits per heavy atom. The van der Waals surface area contributed by atoms with E-state index in [1.54, 1.807) is 0 Å². The second-order valence-electron chi connectivity index (χ2n) is 16.3. The number of hydrogen-bond acceptors (Lipinski definition) is 5. The first-order valence-electron chi connectivity index (χ1n) is 20.6. The molecular formula is C55H37N5O. The molecule has 0 atom stereocenters. The highest BCUT2D eigenvalue weighted by atomic mass is 16.3. The summed E-state index contributed by atoms with van der Waals surface area (Å²) in [6.07, 6.45) is 0. The highest BCUT2D eigenvalue weighted by Gasteiger charge is 2.36. The predicted octanol–water partition coefficient (Wildman–Crippen LogP) is 13.8. The van der Waals surface area contributed by atoms with E-state index < -0.39 is 0 Å². The molecule has 0 fully saturated rings. The largest absolute Gasteiger partial charge is 0.436 e. The maximum atomic E-state index is 6.31. The lowest BCUT2D eigenvalue weighted by Gasteiger charge is -2.22. The van der Waals surface area contributed by atoms with Crippen molar-refractivity contribution in [3.63, 3.8) is 0 Å². The third kappa shape index (κ3) is 5.71. The minimum absolute atomic E-state index is 0.225. The van der Waals surface area contributed by atoms with Crippen molar-refractivity contribution in [1.82, 2.24) is 24.5 Å². The molecule has 1 aliphatic carbocycles. The van der Waals surface area contributed by atoms with Crippen LogP contribution in [0.15, 0.2) is 192 Å². The van der Waals surface area contributed by atoms with Crippen molar-refractivity contribution in [2.45, 2.75) is 19.3 Å². The summed E-state index contributed by atoms with van der Waals surface area (Å²) in [6, 6.07) is 65.6. The van der Waals surface area contributed by atoms with Crippen LogP contribution < -0.4 is 0 Å². The quantitative estimate of drug-likeness (QED) is 0.168. The Kier molecular flexibility index (Phi) is 7.78. The second-order valence-corrected chi connectivity index (χ2v) is 16.3. The number of hydrogen-bond donors (Lipinski definition) is 0. The fourth-order valence-electron chi connectivity index (χ4n) is 9.18. The summed E-state index contributed by atoms with van der Waals surface area (Å²) in [5.74, 6) is 2.44. The van der Waals surface area contributed by atoms with E-state index in [1.165, 1.54) is 22.3 Å². The van der Waals surface area contributed by atoms with Crippen molar-refractivity contribution in [2.75, 3.05) is 0 Å². The summed E-state index contributed by atoms with van der Waals surface area (Å²) in [6.45, 7) is 4.60. The molecule has 8 aromatic carbocycles. The van der Waals surface area contributed by atoms with Crippen LogP contribution >= 0.6 is 0 Å². The van der Waals surface area contributed by atoms with E-state index >= 15 is 0 Å².